The summed E-state index contributed by atoms with van der Waals surface area (Å²) in [4.78, 5) is 8.46. The lowest BCUT2D eigenvalue weighted by molar-refractivity contribution is 0.389. The molecule has 0 saturated heterocycles. The van der Waals surface area contributed by atoms with E-state index >= 15 is 0 Å². The van der Waals surface area contributed by atoms with E-state index in [0.29, 0.717) is 5.41 Å². The standard InChI is InChI=1S/C11H18BrN3/c1-8-14-9(12)7-10(15-8)13-6-5-11(2,3)4/h7H,5-6H2,1-4H3,(H,13,14,15). The van der Waals surface area contributed by atoms with Crippen LogP contribution in [0.2, 0.25) is 0 Å². The molecule has 0 radical (unpaired) electrons. The monoisotopic (exact) mass is 271 g/mol. The Morgan fingerprint density at radius 2 is 2.00 bits per heavy atom. The lowest BCUT2D eigenvalue weighted by Gasteiger charge is -2.18. The molecule has 15 heavy (non-hydrogen) atoms. The van der Waals surface area contributed by atoms with Crippen molar-refractivity contribution in [1.29, 1.82) is 0 Å². The predicted octanol–water partition coefficient (Wildman–Crippen LogP) is 3.40. The Morgan fingerprint density at radius 3 is 2.53 bits per heavy atom. The Morgan fingerprint density at radius 1 is 1.33 bits per heavy atom. The highest BCUT2D eigenvalue weighted by atomic mass is 79.9. The summed E-state index contributed by atoms with van der Waals surface area (Å²) in [6, 6.07) is 1.90. The highest BCUT2D eigenvalue weighted by Gasteiger charge is 2.09. The first-order valence-corrected chi connectivity index (χ1v) is 5.91. The average molecular weight is 272 g/mol. The molecule has 0 aliphatic rings. The molecule has 1 rings (SSSR count). The van der Waals surface area contributed by atoms with E-state index in [1.807, 2.05) is 13.0 Å². The fraction of sp³-hybridized carbons (Fsp3) is 0.636. The van der Waals surface area contributed by atoms with Crippen molar-refractivity contribution in [3.05, 3.63) is 16.5 Å². The van der Waals surface area contributed by atoms with Gasteiger partial charge in [0.1, 0.15) is 16.2 Å². The topological polar surface area (TPSA) is 37.8 Å². The first-order valence-electron chi connectivity index (χ1n) is 5.12. The molecule has 0 fully saturated rings. The number of aryl methyl sites for hydroxylation is 1. The van der Waals surface area contributed by atoms with Crippen molar-refractivity contribution >= 4 is 21.7 Å². The molecular weight excluding hydrogens is 254 g/mol. The highest BCUT2D eigenvalue weighted by Crippen LogP contribution is 2.18. The van der Waals surface area contributed by atoms with Crippen molar-refractivity contribution in [2.24, 2.45) is 5.41 Å². The van der Waals surface area contributed by atoms with Crippen molar-refractivity contribution in [2.75, 3.05) is 11.9 Å². The fourth-order valence-corrected chi connectivity index (χ4v) is 1.66. The van der Waals surface area contributed by atoms with Crippen molar-refractivity contribution in [3.63, 3.8) is 0 Å². The summed E-state index contributed by atoms with van der Waals surface area (Å²) in [5.41, 5.74) is 0.353. The largest absolute Gasteiger partial charge is 0.370 e. The lowest BCUT2D eigenvalue weighted by Crippen LogP contribution is -2.13. The molecule has 0 saturated carbocycles. The number of anilines is 1. The molecule has 0 unspecified atom stereocenters. The Kier molecular flexibility index (Phi) is 4.08. The van der Waals surface area contributed by atoms with Crippen molar-refractivity contribution < 1.29 is 0 Å². The fourth-order valence-electron chi connectivity index (χ4n) is 1.19. The molecule has 0 amide bonds. The third-order valence-corrected chi connectivity index (χ3v) is 2.39. The van der Waals surface area contributed by atoms with Gasteiger partial charge in [0.05, 0.1) is 0 Å². The van der Waals surface area contributed by atoms with Crippen LogP contribution in [-0.4, -0.2) is 16.5 Å². The molecule has 4 heteroatoms. The zero-order valence-electron chi connectivity index (χ0n) is 9.76. The molecular formula is C11H18BrN3. The summed E-state index contributed by atoms with van der Waals surface area (Å²) in [6.45, 7) is 9.52. The summed E-state index contributed by atoms with van der Waals surface area (Å²) in [7, 11) is 0. The van der Waals surface area contributed by atoms with Gasteiger partial charge in [-0.15, -0.1) is 0 Å². The first-order chi connectivity index (χ1) is 6.87. The lowest BCUT2D eigenvalue weighted by atomic mass is 9.92. The quantitative estimate of drug-likeness (QED) is 0.857. The Balaban J connectivity index is 2.51. The number of nitrogens with one attached hydrogen (secondary N) is 1. The predicted molar refractivity (Wildman–Crippen MR) is 67.0 cm³/mol. The molecule has 1 heterocycles. The third-order valence-electron chi connectivity index (χ3n) is 1.99. The minimum Gasteiger partial charge on any atom is -0.370 e. The maximum absolute atomic E-state index is 4.30. The number of hydrogen-bond acceptors (Lipinski definition) is 3. The van der Waals surface area contributed by atoms with E-state index in [-0.39, 0.29) is 0 Å². The van der Waals surface area contributed by atoms with Gasteiger partial charge in [-0.3, -0.25) is 0 Å². The number of halogens is 1. The van der Waals surface area contributed by atoms with Crippen molar-refractivity contribution in [2.45, 2.75) is 34.1 Å². The van der Waals surface area contributed by atoms with Gasteiger partial charge in [0.15, 0.2) is 0 Å². The summed E-state index contributed by atoms with van der Waals surface area (Å²) in [5, 5.41) is 3.30. The van der Waals surface area contributed by atoms with Gasteiger partial charge < -0.3 is 5.32 Å². The van der Waals surface area contributed by atoms with Crippen LogP contribution in [0.4, 0.5) is 5.82 Å². The van der Waals surface area contributed by atoms with Crippen molar-refractivity contribution in [1.82, 2.24) is 9.97 Å². The second-order valence-corrected chi connectivity index (χ2v) is 5.67. The van der Waals surface area contributed by atoms with Crippen LogP contribution in [0.1, 0.15) is 33.0 Å². The smallest absolute Gasteiger partial charge is 0.130 e. The normalized spacial score (nSPS) is 11.5. The van der Waals surface area contributed by atoms with Gasteiger partial charge in [-0.25, -0.2) is 9.97 Å². The maximum Gasteiger partial charge on any atom is 0.130 e. The SMILES string of the molecule is Cc1nc(Br)cc(NCCC(C)(C)C)n1. The van der Waals surface area contributed by atoms with E-state index < -0.39 is 0 Å². The van der Waals surface area contributed by atoms with Gasteiger partial charge in [0, 0.05) is 12.6 Å². The molecule has 0 aliphatic carbocycles. The zero-order valence-corrected chi connectivity index (χ0v) is 11.3. The van der Waals surface area contributed by atoms with Crippen LogP contribution in [0, 0.1) is 12.3 Å². The second-order valence-electron chi connectivity index (χ2n) is 4.86. The van der Waals surface area contributed by atoms with Gasteiger partial charge in [-0.05, 0) is 34.7 Å². The van der Waals surface area contributed by atoms with E-state index in [9.17, 15) is 0 Å². The highest BCUT2D eigenvalue weighted by molar-refractivity contribution is 9.10. The van der Waals surface area contributed by atoms with Gasteiger partial charge in [-0.1, -0.05) is 20.8 Å². The van der Waals surface area contributed by atoms with Crippen LogP contribution in [0.3, 0.4) is 0 Å². The average Bonchev–Trinajstić information content (AvgIpc) is 1.99. The van der Waals surface area contributed by atoms with Gasteiger partial charge in [-0.2, -0.15) is 0 Å². The summed E-state index contributed by atoms with van der Waals surface area (Å²) >= 11 is 3.35. The summed E-state index contributed by atoms with van der Waals surface area (Å²) in [6.07, 6.45) is 1.12. The number of nitrogens with zero attached hydrogens (tertiary/aromatic N) is 2. The Hall–Kier alpha value is -0.640. The summed E-state index contributed by atoms with van der Waals surface area (Å²) in [5.74, 6) is 1.67. The first kappa shape index (κ1) is 12.4. The van der Waals surface area contributed by atoms with E-state index in [0.717, 1.165) is 29.2 Å². The zero-order chi connectivity index (χ0) is 11.5. The molecule has 1 aromatic rings. The number of hydrogen-bond donors (Lipinski definition) is 1. The van der Waals surface area contributed by atoms with Crippen LogP contribution < -0.4 is 5.32 Å². The van der Waals surface area contributed by atoms with Gasteiger partial charge in [0.2, 0.25) is 0 Å². The minimum atomic E-state index is 0.353. The van der Waals surface area contributed by atoms with E-state index in [2.05, 4.69) is 52.0 Å². The molecule has 0 aliphatic heterocycles. The Bertz CT molecular complexity index is 311. The van der Waals surface area contributed by atoms with Crippen LogP contribution in [0.5, 0.6) is 0 Å². The van der Waals surface area contributed by atoms with Crippen molar-refractivity contribution in [3.8, 4) is 0 Å². The van der Waals surface area contributed by atoms with Gasteiger partial charge in [0.25, 0.3) is 0 Å². The maximum atomic E-state index is 4.30. The molecule has 0 spiro atoms. The van der Waals surface area contributed by atoms with E-state index in [4.69, 9.17) is 0 Å². The second kappa shape index (κ2) is 4.92. The molecule has 0 atom stereocenters. The van der Waals surface area contributed by atoms with Crippen LogP contribution in [0.15, 0.2) is 10.7 Å². The molecule has 1 aromatic heterocycles. The number of rotatable bonds is 3. The minimum absolute atomic E-state index is 0.353. The van der Waals surface area contributed by atoms with E-state index in [1.165, 1.54) is 0 Å². The van der Waals surface area contributed by atoms with Crippen LogP contribution in [-0.2, 0) is 0 Å². The molecule has 0 bridgehead atoms. The molecule has 1 N–H and O–H groups in total. The molecule has 84 valence electrons. The molecule has 3 nitrogen and oxygen atoms in total. The van der Waals surface area contributed by atoms with Crippen LogP contribution >= 0.6 is 15.9 Å². The van der Waals surface area contributed by atoms with Crippen LogP contribution in [0.25, 0.3) is 0 Å². The summed E-state index contributed by atoms with van der Waals surface area (Å²) < 4.78 is 0.827. The molecule has 0 aromatic carbocycles. The van der Waals surface area contributed by atoms with Gasteiger partial charge >= 0.3 is 0 Å². The van der Waals surface area contributed by atoms with E-state index in [1.54, 1.807) is 0 Å². The number of aromatic nitrogens is 2. The Labute approximate surface area is 99.8 Å². The third kappa shape index (κ3) is 5.11.